The van der Waals surface area contributed by atoms with Crippen LogP contribution in [0.15, 0.2) is 47.0 Å². The average molecular weight is 560 g/mol. The Bertz CT molecular complexity index is 1320. The van der Waals surface area contributed by atoms with Crippen LogP contribution < -0.4 is 9.64 Å². The van der Waals surface area contributed by atoms with E-state index in [1.165, 1.54) is 25.3 Å². The molecule has 2 fully saturated rings. The highest BCUT2D eigenvalue weighted by Gasteiger charge is 2.36. The van der Waals surface area contributed by atoms with Gasteiger partial charge in [0.25, 0.3) is 0 Å². The molecule has 1 aromatic carbocycles. The fourth-order valence-corrected chi connectivity index (χ4v) is 5.41. The number of carbonyl (C=O) groups is 1. The normalized spacial score (nSPS) is 19.2. The molecular weight excluding hydrogens is 527 g/mol. The third kappa shape index (κ3) is 6.24. The predicted octanol–water partition coefficient (Wildman–Crippen LogP) is 6.65. The molecule has 8 nitrogen and oxygen atoms in total. The summed E-state index contributed by atoms with van der Waals surface area (Å²) in [6.45, 7) is 2.71. The van der Waals surface area contributed by atoms with Crippen molar-refractivity contribution in [3.05, 3.63) is 59.5 Å². The van der Waals surface area contributed by atoms with Crippen molar-refractivity contribution in [1.29, 1.82) is 0 Å². The summed E-state index contributed by atoms with van der Waals surface area (Å²) in [7, 11) is 1.33. The predicted molar refractivity (Wildman–Crippen MR) is 140 cm³/mol. The Morgan fingerprint density at radius 2 is 1.85 bits per heavy atom. The lowest BCUT2D eigenvalue weighted by atomic mass is 10.0. The molecule has 1 aliphatic heterocycles. The molecule has 3 heterocycles. The molecule has 1 aliphatic carbocycles. The highest BCUT2D eigenvalue weighted by atomic mass is 19.4. The number of methoxy groups -OCH3 is 1. The van der Waals surface area contributed by atoms with Crippen LogP contribution in [-0.4, -0.2) is 48.3 Å². The zero-order valence-electron chi connectivity index (χ0n) is 22.4. The van der Waals surface area contributed by atoms with Gasteiger partial charge >= 0.3 is 12.3 Å². The van der Waals surface area contributed by atoms with Gasteiger partial charge < -0.3 is 23.6 Å². The molecule has 1 unspecified atom stereocenters. The molecule has 0 radical (unpaired) electrons. The van der Waals surface area contributed by atoms with Crippen molar-refractivity contribution in [3.63, 3.8) is 0 Å². The Morgan fingerprint density at radius 3 is 2.58 bits per heavy atom. The summed E-state index contributed by atoms with van der Waals surface area (Å²) in [6.07, 6.45) is 0.668. The van der Waals surface area contributed by atoms with Crippen LogP contribution in [0.1, 0.15) is 73.2 Å². The molecule has 2 aromatic heterocycles. The highest BCUT2D eigenvalue weighted by molar-refractivity contribution is 5.87. The molecule has 2 atom stereocenters. The van der Waals surface area contributed by atoms with E-state index in [0.717, 1.165) is 37.9 Å². The van der Waals surface area contributed by atoms with Gasteiger partial charge in [0.1, 0.15) is 23.0 Å². The van der Waals surface area contributed by atoms with E-state index in [9.17, 15) is 18.0 Å². The first-order valence-corrected chi connectivity index (χ1v) is 13.5. The fraction of sp³-hybridized carbons (Fsp3) is 0.483. The van der Waals surface area contributed by atoms with Crippen LogP contribution >= 0.6 is 0 Å². The first-order chi connectivity index (χ1) is 19.3. The quantitative estimate of drug-likeness (QED) is 0.191. The number of nitrogens with zero attached hydrogens (tertiary/aromatic N) is 3. The van der Waals surface area contributed by atoms with Crippen LogP contribution in [0.2, 0.25) is 0 Å². The number of alkyl halides is 3. The lowest BCUT2D eigenvalue weighted by molar-refractivity contribution is -0.274. The van der Waals surface area contributed by atoms with E-state index in [1.807, 2.05) is 6.07 Å². The summed E-state index contributed by atoms with van der Waals surface area (Å²) in [4.78, 5) is 18.9. The molecule has 3 aromatic rings. The number of halogens is 3. The molecule has 1 saturated carbocycles. The van der Waals surface area contributed by atoms with Crippen molar-refractivity contribution in [2.75, 3.05) is 18.6 Å². The molecule has 40 heavy (non-hydrogen) atoms. The summed E-state index contributed by atoms with van der Waals surface area (Å²) in [6, 6.07) is 11.7. The summed E-state index contributed by atoms with van der Waals surface area (Å²) >= 11 is 0. The number of para-hydroxylation sites is 1. The number of anilines is 1. The van der Waals surface area contributed by atoms with Crippen LogP contribution in [0.5, 0.6) is 5.75 Å². The summed E-state index contributed by atoms with van der Waals surface area (Å²) in [5.41, 5.74) is 1.43. The van der Waals surface area contributed by atoms with Crippen LogP contribution in [0.4, 0.5) is 19.0 Å². The van der Waals surface area contributed by atoms with Crippen LogP contribution in [0.3, 0.4) is 0 Å². The SMILES string of the molecule is CCC1CC[C@@H](CCOCc2c(-c3ccccc3OC(F)(F)F)noc2C2CC2)N1c1cccc(C(=O)OC)n1. The molecular formula is C29H32F3N3O5. The molecule has 0 N–H and O–H groups in total. The van der Waals surface area contributed by atoms with E-state index in [1.54, 1.807) is 18.2 Å². The fourth-order valence-electron chi connectivity index (χ4n) is 5.41. The second-order valence-corrected chi connectivity index (χ2v) is 10.1. The van der Waals surface area contributed by atoms with Crippen LogP contribution in [-0.2, 0) is 16.1 Å². The number of hydrogen-bond donors (Lipinski definition) is 0. The third-order valence-electron chi connectivity index (χ3n) is 7.46. The number of ether oxygens (including phenoxy) is 3. The molecule has 2 aliphatic rings. The Hall–Kier alpha value is -3.60. The Labute approximate surface area is 230 Å². The largest absolute Gasteiger partial charge is 0.573 e. The van der Waals surface area contributed by atoms with Crippen molar-refractivity contribution in [2.45, 2.75) is 76.4 Å². The number of carbonyl (C=O) groups excluding carboxylic acids is 1. The molecule has 5 rings (SSSR count). The van der Waals surface area contributed by atoms with E-state index in [4.69, 9.17) is 14.0 Å². The van der Waals surface area contributed by atoms with Crippen molar-refractivity contribution in [3.8, 4) is 17.0 Å². The first kappa shape index (κ1) is 27.9. The molecule has 11 heteroatoms. The molecule has 0 bridgehead atoms. The van der Waals surface area contributed by atoms with Gasteiger partial charge in [0.05, 0.1) is 13.7 Å². The first-order valence-electron chi connectivity index (χ1n) is 13.5. The Kier molecular flexibility index (Phi) is 8.30. The van der Waals surface area contributed by atoms with E-state index in [2.05, 4.69) is 26.7 Å². The monoisotopic (exact) mass is 559 g/mol. The van der Waals surface area contributed by atoms with Crippen LogP contribution in [0.25, 0.3) is 11.3 Å². The minimum atomic E-state index is -4.83. The lowest BCUT2D eigenvalue weighted by Crippen LogP contribution is -2.37. The summed E-state index contributed by atoms with van der Waals surface area (Å²) in [5.74, 6) is 0.775. The molecule has 0 amide bonds. The summed E-state index contributed by atoms with van der Waals surface area (Å²) in [5, 5.41) is 4.14. The Morgan fingerprint density at radius 1 is 1.07 bits per heavy atom. The maximum absolute atomic E-state index is 13.0. The summed E-state index contributed by atoms with van der Waals surface area (Å²) < 4.78 is 59.9. The lowest BCUT2D eigenvalue weighted by Gasteiger charge is -2.31. The smallest absolute Gasteiger partial charge is 0.464 e. The van der Waals surface area contributed by atoms with Gasteiger partial charge in [-0.05, 0) is 62.8 Å². The maximum Gasteiger partial charge on any atom is 0.573 e. The molecule has 214 valence electrons. The van der Waals surface area contributed by atoms with E-state index >= 15 is 0 Å². The van der Waals surface area contributed by atoms with Gasteiger partial charge in [-0.2, -0.15) is 0 Å². The van der Waals surface area contributed by atoms with Crippen molar-refractivity contribution in [1.82, 2.24) is 10.1 Å². The number of hydrogen-bond acceptors (Lipinski definition) is 8. The molecule has 0 spiro atoms. The second kappa shape index (κ2) is 11.9. The van der Waals surface area contributed by atoms with E-state index < -0.39 is 12.3 Å². The average Bonchev–Trinajstić information content (AvgIpc) is 3.57. The minimum Gasteiger partial charge on any atom is -0.464 e. The maximum atomic E-state index is 13.0. The van der Waals surface area contributed by atoms with Crippen LogP contribution in [0, 0.1) is 0 Å². The van der Waals surface area contributed by atoms with Gasteiger partial charge in [0.15, 0.2) is 5.69 Å². The van der Waals surface area contributed by atoms with E-state index in [-0.39, 0.29) is 35.6 Å². The van der Waals surface area contributed by atoms with Gasteiger partial charge in [-0.3, -0.25) is 0 Å². The van der Waals surface area contributed by atoms with Crippen molar-refractivity contribution < 1.29 is 36.7 Å². The zero-order chi connectivity index (χ0) is 28.3. The zero-order valence-corrected chi connectivity index (χ0v) is 22.4. The van der Waals surface area contributed by atoms with Gasteiger partial charge in [-0.15, -0.1) is 13.2 Å². The van der Waals surface area contributed by atoms with Gasteiger partial charge in [-0.1, -0.05) is 30.3 Å². The second-order valence-electron chi connectivity index (χ2n) is 10.1. The third-order valence-corrected chi connectivity index (χ3v) is 7.46. The number of rotatable bonds is 11. The highest BCUT2D eigenvalue weighted by Crippen LogP contribution is 2.45. The number of pyridine rings is 1. The number of esters is 1. The standard InChI is InChI=1S/C29H32F3N3O5/c1-3-19-13-14-20(35(19)25-10-6-8-23(33-25)28(36)37-2)15-16-38-17-22-26(34-40-27(22)18-11-12-18)21-7-4-5-9-24(21)39-29(30,31)32/h4-10,18-20H,3,11-17H2,1-2H3/t19?,20-/m0/s1. The van der Waals surface area contributed by atoms with Crippen molar-refractivity contribution in [2.24, 2.45) is 0 Å². The minimum absolute atomic E-state index is 0.158. The van der Waals surface area contributed by atoms with E-state index in [0.29, 0.717) is 36.1 Å². The Balaban J connectivity index is 1.29. The van der Waals surface area contributed by atoms with Crippen molar-refractivity contribution >= 4 is 11.8 Å². The van der Waals surface area contributed by atoms with Gasteiger partial charge in [-0.25, -0.2) is 9.78 Å². The number of aromatic nitrogens is 2. The topological polar surface area (TPSA) is 86.9 Å². The van der Waals surface area contributed by atoms with Gasteiger partial charge in [0.2, 0.25) is 0 Å². The molecule has 1 saturated heterocycles. The van der Waals surface area contributed by atoms with Gasteiger partial charge in [0, 0.05) is 35.7 Å². The number of benzene rings is 1.